The lowest BCUT2D eigenvalue weighted by atomic mass is 10.0. The molecule has 1 saturated carbocycles. The SMILES string of the molecule is COc1ccc(-c2coc3cc(OC4CCCCCC4)ccc3c2=O)cc1N(CCO)CCO. The molecule has 0 atom stereocenters. The van der Waals surface area contributed by atoms with Gasteiger partial charge in [0.05, 0.1) is 43.1 Å². The van der Waals surface area contributed by atoms with Crippen molar-refractivity contribution < 1.29 is 24.1 Å². The van der Waals surface area contributed by atoms with Crippen LogP contribution in [0.4, 0.5) is 5.69 Å². The maximum atomic E-state index is 13.3. The second-order valence-electron chi connectivity index (χ2n) is 8.69. The first-order valence-electron chi connectivity index (χ1n) is 12.0. The fourth-order valence-corrected chi connectivity index (χ4v) is 4.63. The summed E-state index contributed by atoms with van der Waals surface area (Å²) in [6.45, 7) is 0.514. The molecule has 34 heavy (non-hydrogen) atoms. The molecule has 7 heteroatoms. The van der Waals surface area contributed by atoms with Crippen LogP contribution in [0.1, 0.15) is 38.5 Å². The van der Waals surface area contributed by atoms with Gasteiger partial charge in [0.1, 0.15) is 23.3 Å². The Morgan fingerprint density at radius 1 is 1.00 bits per heavy atom. The first-order valence-corrected chi connectivity index (χ1v) is 12.0. The Morgan fingerprint density at radius 2 is 1.74 bits per heavy atom. The average molecular weight is 468 g/mol. The van der Waals surface area contributed by atoms with Crippen LogP contribution in [0.15, 0.2) is 51.9 Å². The molecule has 0 saturated heterocycles. The lowest BCUT2D eigenvalue weighted by Crippen LogP contribution is -2.30. The molecule has 0 aliphatic heterocycles. The second kappa shape index (κ2) is 11.4. The highest BCUT2D eigenvalue weighted by Crippen LogP contribution is 2.33. The van der Waals surface area contributed by atoms with Crippen molar-refractivity contribution in [1.82, 2.24) is 0 Å². The van der Waals surface area contributed by atoms with E-state index in [9.17, 15) is 15.0 Å². The normalized spacial score (nSPS) is 14.7. The Hall–Kier alpha value is -3.03. The van der Waals surface area contributed by atoms with E-state index in [-0.39, 0.29) is 24.7 Å². The van der Waals surface area contributed by atoms with Crippen molar-refractivity contribution in [1.29, 1.82) is 0 Å². The summed E-state index contributed by atoms with van der Waals surface area (Å²) in [5, 5.41) is 19.4. The van der Waals surface area contributed by atoms with E-state index in [1.165, 1.54) is 31.9 Å². The van der Waals surface area contributed by atoms with Gasteiger partial charge in [0.2, 0.25) is 0 Å². The number of hydrogen-bond acceptors (Lipinski definition) is 7. The number of anilines is 1. The third-order valence-corrected chi connectivity index (χ3v) is 6.42. The highest BCUT2D eigenvalue weighted by molar-refractivity contribution is 5.83. The van der Waals surface area contributed by atoms with Crippen LogP contribution in [0.25, 0.3) is 22.1 Å². The topological polar surface area (TPSA) is 92.4 Å². The molecule has 2 aromatic carbocycles. The van der Waals surface area contributed by atoms with Gasteiger partial charge >= 0.3 is 0 Å². The lowest BCUT2D eigenvalue weighted by Gasteiger charge is -2.25. The van der Waals surface area contributed by atoms with Crippen molar-refractivity contribution in [3.05, 3.63) is 52.9 Å². The summed E-state index contributed by atoms with van der Waals surface area (Å²) in [6.07, 6.45) is 8.72. The summed E-state index contributed by atoms with van der Waals surface area (Å²) in [5.74, 6) is 1.32. The Morgan fingerprint density at radius 3 is 2.41 bits per heavy atom. The molecule has 1 aromatic heterocycles. The van der Waals surface area contributed by atoms with Crippen molar-refractivity contribution in [3.8, 4) is 22.6 Å². The Kier molecular flexibility index (Phi) is 8.08. The molecule has 1 aliphatic carbocycles. The van der Waals surface area contributed by atoms with Crippen LogP contribution in [0.5, 0.6) is 11.5 Å². The van der Waals surface area contributed by atoms with Crippen LogP contribution >= 0.6 is 0 Å². The highest BCUT2D eigenvalue weighted by Gasteiger charge is 2.17. The minimum Gasteiger partial charge on any atom is -0.495 e. The first kappa shape index (κ1) is 24.1. The van der Waals surface area contributed by atoms with E-state index in [4.69, 9.17) is 13.9 Å². The minimum absolute atomic E-state index is 0.0727. The van der Waals surface area contributed by atoms with Crippen molar-refractivity contribution in [2.45, 2.75) is 44.6 Å². The molecule has 7 nitrogen and oxygen atoms in total. The maximum Gasteiger partial charge on any atom is 0.200 e. The number of fused-ring (bicyclic) bond motifs is 1. The van der Waals surface area contributed by atoms with Crippen LogP contribution in [-0.4, -0.2) is 49.7 Å². The standard InChI is InChI=1S/C27H33NO6/c1-32-25-11-8-19(16-24(25)28(12-14-29)13-15-30)23-18-33-26-17-21(9-10-22(26)27(23)31)34-20-6-4-2-3-5-7-20/h8-11,16-18,20,29-30H,2-7,12-15H2,1H3. The molecule has 0 radical (unpaired) electrons. The maximum absolute atomic E-state index is 13.3. The third kappa shape index (κ3) is 5.37. The summed E-state index contributed by atoms with van der Waals surface area (Å²) in [6, 6.07) is 10.8. The molecule has 0 amide bonds. The molecule has 182 valence electrons. The first-order chi connectivity index (χ1) is 16.6. The van der Waals surface area contributed by atoms with Gasteiger partial charge in [0.15, 0.2) is 5.43 Å². The van der Waals surface area contributed by atoms with Gasteiger partial charge in [-0.3, -0.25) is 4.79 Å². The van der Waals surface area contributed by atoms with Crippen molar-refractivity contribution in [2.75, 3.05) is 38.3 Å². The van der Waals surface area contributed by atoms with E-state index < -0.39 is 0 Å². The molecule has 3 aromatic rings. The predicted molar refractivity (Wildman–Crippen MR) is 133 cm³/mol. The molecule has 1 aliphatic rings. The van der Waals surface area contributed by atoms with Gasteiger partial charge in [0.25, 0.3) is 0 Å². The molecule has 4 rings (SSSR count). The van der Waals surface area contributed by atoms with Gasteiger partial charge in [0, 0.05) is 19.2 Å². The lowest BCUT2D eigenvalue weighted by molar-refractivity contribution is 0.184. The zero-order valence-corrected chi connectivity index (χ0v) is 19.7. The Bertz CT molecular complexity index is 1140. The van der Waals surface area contributed by atoms with Crippen LogP contribution in [-0.2, 0) is 0 Å². The number of methoxy groups -OCH3 is 1. The van der Waals surface area contributed by atoms with E-state index in [1.54, 1.807) is 31.4 Å². The number of aliphatic hydroxyl groups excluding tert-OH is 2. The van der Waals surface area contributed by atoms with E-state index in [2.05, 4.69) is 0 Å². The summed E-state index contributed by atoms with van der Waals surface area (Å²) < 4.78 is 17.5. The zero-order valence-electron chi connectivity index (χ0n) is 19.7. The summed E-state index contributed by atoms with van der Waals surface area (Å²) >= 11 is 0. The molecule has 0 unspecified atom stereocenters. The Labute approximate surface area is 199 Å². The molecule has 0 spiro atoms. The molecular formula is C27H33NO6. The van der Waals surface area contributed by atoms with Crippen molar-refractivity contribution in [3.63, 3.8) is 0 Å². The van der Waals surface area contributed by atoms with Crippen LogP contribution in [0, 0.1) is 0 Å². The number of ether oxygens (including phenoxy) is 2. The summed E-state index contributed by atoms with van der Waals surface area (Å²) in [7, 11) is 1.56. The number of rotatable bonds is 9. The van der Waals surface area contributed by atoms with E-state index >= 15 is 0 Å². The summed E-state index contributed by atoms with van der Waals surface area (Å²) in [4.78, 5) is 15.2. The second-order valence-corrected chi connectivity index (χ2v) is 8.69. The predicted octanol–water partition coefficient (Wildman–Crippen LogP) is 4.36. The summed E-state index contributed by atoms with van der Waals surface area (Å²) in [5.41, 5.74) is 2.16. The fourth-order valence-electron chi connectivity index (χ4n) is 4.63. The van der Waals surface area contributed by atoms with E-state index in [1.807, 2.05) is 17.0 Å². The number of aliphatic hydroxyl groups is 2. The number of nitrogens with zero attached hydrogens (tertiary/aromatic N) is 1. The van der Waals surface area contributed by atoms with Gasteiger partial charge in [-0.1, -0.05) is 18.9 Å². The van der Waals surface area contributed by atoms with Gasteiger partial charge < -0.3 is 29.0 Å². The number of hydrogen-bond donors (Lipinski definition) is 2. The molecule has 0 bridgehead atoms. The van der Waals surface area contributed by atoms with Gasteiger partial charge in [-0.05, 0) is 55.5 Å². The fraction of sp³-hybridized carbons (Fsp3) is 0.444. The molecular weight excluding hydrogens is 434 g/mol. The molecule has 1 heterocycles. The third-order valence-electron chi connectivity index (χ3n) is 6.42. The van der Waals surface area contributed by atoms with Crippen LogP contribution in [0.3, 0.4) is 0 Å². The largest absolute Gasteiger partial charge is 0.495 e. The minimum atomic E-state index is -0.130. The average Bonchev–Trinajstić information content (AvgIpc) is 3.12. The smallest absolute Gasteiger partial charge is 0.200 e. The zero-order chi connectivity index (χ0) is 23.9. The van der Waals surface area contributed by atoms with Gasteiger partial charge in [-0.2, -0.15) is 0 Å². The Balaban J connectivity index is 1.66. The molecule has 2 N–H and O–H groups in total. The van der Waals surface area contributed by atoms with Crippen LogP contribution in [0.2, 0.25) is 0 Å². The highest BCUT2D eigenvalue weighted by atomic mass is 16.5. The van der Waals surface area contributed by atoms with Crippen molar-refractivity contribution in [2.24, 2.45) is 0 Å². The van der Waals surface area contributed by atoms with Crippen molar-refractivity contribution >= 4 is 16.7 Å². The monoisotopic (exact) mass is 467 g/mol. The molecule has 1 fully saturated rings. The quantitative estimate of drug-likeness (QED) is 0.452. The van der Waals surface area contributed by atoms with E-state index in [0.717, 1.165) is 18.6 Å². The number of benzene rings is 2. The van der Waals surface area contributed by atoms with Crippen LogP contribution < -0.4 is 19.8 Å². The van der Waals surface area contributed by atoms with Gasteiger partial charge in [-0.15, -0.1) is 0 Å². The van der Waals surface area contributed by atoms with Gasteiger partial charge in [-0.25, -0.2) is 0 Å². The van der Waals surface area contributed by atoms with E-state index in [0.29, 0.717) is 46.6 Å².